The molecule has 0 aliphatic heterocycles. The van der Waals surface area contributed by atoms with E-state index in [1.165, 1.54) is 0 Å². The molecule has 9 heteroatoms. The number of anilines is 1. The molecule has 0 spiro atoms. The Bertz CT molecular complexity index is 493. The predicted octanol–water partition coefficient (Wildman–Crippen LogP) is 3.69. The van der Waals surface area contributed by atoms with Gasteiger partial charge in [0.25, 0.3) is 5.78 Å². The Morgan fingerprint density at radius 3 is 2.00 bits per heavy atom. The fourth-order valence-corrected chi connectivity index (χ4v) is 1.43. The van der Waals surface area contributed by atoms with Crippen LogP contribution in [0.25, 0.3) is 0 Å². The van der Waals surface area contributed by atoms with Crippen molar-refractivity contribution in [3.05, 3.63) is 28.3 Å². The molecule has 0 atom stereocenters. The lowest BCUT2D eigenvalue weighted by Crippen LogP contribution is -2.24. The number of Topliss-reactive ketones (excluding diaryl/α,β-unsaturated/α-hetero) is 1. The van der Waals surface area contributed by atoms with Gasteiger partial charge >= 0.3 is 12.4 Å². The summed E-state index contributed by atoms with van der Waals surface area (Å²) in [6.07, 6.45) is -10.3. The normalized spacial score (nSPS) is 12.6. The Morgan fingerprint density at radius 2 is 1.61 bits per heavy atom. The number of rotatable bonds is 1. The van der Waals surface area contributed by atoms with Gasteiger partial charge in [-0.05, 0) is 12.1 Å². The van der Waals surface area contributed by atoms with Crippen molar-refractivity contribution in [2.75, 3.05) is 5.73 Å². The molecule has 100 valence electrons. The molecule has 0 bridgehead atoms. The molecule has 1 aromatic carbocycles. The zero-order chi connectivity index (χ0) is 14.3. The molecule has 0 radical (unpaired) electrons. The maximum atomic E-state index is 12.4. The zero-order valence-electron chi connectivity index (χ0n) is 8.29. The minimum atomic E-state index is -5.31. The number of carbonyl (C=O) groups is 1. The third-order valence-electron chi connectivity index (χ3n) is 1.95. The molecule has 0 fully saturated rings. The highest BCUT2D eigenvalue weighted by molar-refractivity contribution is 6.32. The second kappa shape index (κ2) is 4.34. The SMILES string of the molecule is Nc1cc(Cl)c(C(F)(F)F)cc1C(=O)C(F)(F)F. The van der Waals surface area contributed by atoms with Gasteiger partial charge in [-0.3, -0.25) is 4.79 Å². The van der Waals surface area contributed by atoms with Crippen LogP contribution in [0.3, 0.4) is 0 Å². The minimum Gasteiger partial charge on any atom is -0.398 e. The van der Waals surface area contributed by atoms with E-state index in [0.29, 0.717) is 6.07 Å². The van der Waals surface area contributed by atoms with Crippen LogP contribution < -0.4 is 5.73 Å². The van der Waals surface area contributed by atoms with Crippen molar-refractivity contribution < 1.29 is 31.1 Å². The van der Waals surface area contributed by atoms with E-state index in [9.17, 15) is 31.1 Å². The molecule has 0 saturated carbocycles. The molecule has 18 heavy (non-hydrogen) atoms. The number of nitrogens with two attached hydrogens (primary N) is 1. The molecule has 0 aromatic heterocycles. The summed E-state index contributed by atoms with van der Waals surface area (Å²) in [6, 6.07) is 0.455. The number of benzene rings is 1. The van der Waals surface area contributed by atoms with Crippen molar-refractivity contribution in [2.24, 2.45) is 0 Å². The summed E-state index contributed by atoms with van der Waals surface area (Å²) in [5.74, 6) is -2.46. The quantitative estimate of drug-likeness (QED) is 0.487. The first-order chi connectivity index (χ1) is 7.94. The highest BCUT2D eigenvalue weighted by Gasteiger charge is 2.42. The summed E-state index contributed by atoms with van der Waals surface area (Å²) in [4.78, 5) is 10.9. The van der Waals surface area contributed by atoms with Crippen LogP contribution in [0.1, 0.15) is 15.9 Å². The number of alkyl halides is 6. The van der Waals surface area contributed by atoms with Crippen molar-refractivity contribution in [1.82, 2.24) is 0 Å². The summed E-state index contributed by atoms with van der Waals surface area (Å²) >= 11 is 5.21. The third kappa shape index (κ3) is 2.87. The molecule has 0 aliphatic carbocycles. The van der Waals surface area contributed by atoms with Gasteiger partial charge in [0, 0.05) is 5.69 Å². The van der Waals surface area contributed by atoms with Crippen LogP contribution in [-0.2, 0) is 6.18 Å². The second-order valence-corrected chi connectivity index (χ2v) is 3.65. The van der Waals surface area contributed by atoms with E-state index in [-0.39, 0.29) is 6.07 Å². The van der Waals surface area contributed by atoms with E-state index in [0.717, 1.165) is 0 Å². The van der Waals surface area contributed by atoms with Gasteiger partial charge in [0.15, 0.2) is 0 Å². The van der Waals surface area contributed by atoms with Crippen LogP contribution in [0.4, 0.5) is 32.0 Å². The third-order valence-corrected chi connectivity index (χ3v) is 2.26. The zero-order valence-corrected chi connectivity index (χ0v) is 9.04. The first-order valence-electron chi connectivity index (χ1n) is 4.22. The summed E-state index contributed by atoms with van der Waals surface area (Å²) in [5.41, 5.74) is 1.46. The number of carbonyl (C=O) groups excluding carboxylic acids is 1. The molecule has 0 aliphatic rings. The summed E-state index contributed by atoms with van der Waals surface area (Å²) in [7, 11) is 0. The molecule has 1 rings (SSSR count). The highest BCUT2D eigenvalue weighted by Crippen LogP contribution is 2.38. The minimum absolute atomic E-state index is 0.00646. The average molecular weight is 292 g/mol. The van der Waals surface area contributed by atoms with Crippen molar-refractivity contribution in [2.45, 2.75) is 12.4 Å². The van der Waals surface area contributed by atoms with E-state index < -0.39 is 40.0 Å². The monoisotopic (exact) mass is 291 g/mol. The van der Waals surface area contributed by atoms with Gasteiger partial charge in [0.1, 0.15) is 0 Å². The lowest BCUT2D eigenvalue weighted by Gasteiger charge is -2.13. The van der Waals surface area contributed by atoms with E-state index >= 15 is 0 Å². The van der Waals surface area contributed by atoms with Crippen LogP contribution >= 0.6 is 11.6 Å². The standard InChI is InChI=1S/C9H4ClF6NO/c10-5-2-6(17)3(7(18)9(14,15)16)1-4(5)8(11,12)13/h1-2H,17H2. The summed E-state index contributed by atoms with van der Waals surface area (Å²) < 4.78 is 73.6. The van der Waals surface area contributed by atoms with Gasteiger partial charge in [0.2, 0.25) is 0 Å². The van der Waals surface area contributed by atoms with E-state index in [1.54, 1.807) is 0 Å². The van der Waals surface area contributed by atoms with Gasteiger partial charge in [-0.1, -0.05) is 11.6 Å². The van der Waals surface area contributed by atoms with Crippen LogP contribution in [0.5, 0.6) is 0 Å². The van der Waals surface area contributed by atoms with E-state index in [1.807, 2.05) is 0 Å². The van der Waals surface area contributed by atoms with Gasteiger partial charge in [-0.25, -0.2) is 0 Å². The number of hydrogen-bond acceptors (Lipinski definition) is 2. The maximum Gasteiger partial charge on any atom is 0.454 e. The molecular formula is C9H4ClF6NO. The van der Waals surface area contributed by atoms with E-state index in [2.05, 4.69) is 0 Å². The van der Waals surface area contributed by atoms with Gasteiger partial charge in [-0.2, -0.15) is 26.3 Å². The summed E-state index contributed by atoms with van der Waals surface area (Å²) in [6.45, 7) is 0. The average Bonchev–Trinajstić information content (AvgIpc) is 2.13. The van der Waals surface area contributed by atoms with Crippen LogP contribution in [0.15, 0.2) is 12.1 Å². The van der Waals surface area contributed by atoms with Gasteiger partial charge in [0.05, 0.1) is 16.1 Å². The van der Waals surface area contributed by atoms with Crippen LogP contribution in [0.2, 0.25) is 5.02 Å². The largest absolute Gasteiger partial charge is 0.454 e. The Kier molecular flexibility index (Phi) is 3.53. The molecule has 1 aromatic rings. The van der Waals surface area contributed by atoms with Crippen LogP contribution in [-0.4, -0.2) is 12.0 Å². The summed E-state index contributed by atoms with van der Waals surface area (Å²) in [5, 5.41) is -0.876. The molecule has 2 nitrogen and oxygen atoms in total. The number of ketones is 1. The van der Waals surface area contributed by atoms with Crippen molar-refractivity contribution in [3.8, 4) is 0 Å². The predicted molar refractivity (Wildman–Crippen MR) is 51.3 cm³/mol. The molecule has 0 heterocycles. The Morgan fingerprint density at radius 1 is 1.11 bits per heavy atom. The highest BCUT2D eigenvalue weighted by atomic mass is 35.5. The fourth-order valence-electron chi connectivity index (χ4n) is 1.16. The Hall–Kier alpha value is -1.44. The maximum absolute atomic E-state index is 12.4. The van der Waals surface area contributed by atoms with Crippen molar-refractivity contribution in [1.29, 1.82) is 0 Å². The Balaban J connectivity index is 3.44. The number of nitrogen functional groups attached to an aromatic ring is 1. The number of hydrogen-bond donors (Lipinski definition) is 1. The smallest absolute Gasteiger partial charge is 0.398 e. The fraction of sp³-hybridized carbons (Fsp3) is 0.222. The van der Waals surface area contributed by atoms with Crippen molar-refractivity contribution in [3.63, 3.8) is 0 Å². The molecule has 0 saturated heterocycles. The lowest BCUT2D eigenvalue weighted by atomic mass is 10.0. The molecular weight excluding hydrogens is 288 g/mol. The van der Waals surface area contributed by atoms with E-state index in [4.69, 9.17) is 17.3 Å². The van der Waals surface area contributed by atoms with Crippen molar-refractivity contribution >= 4 is 23.1 Å². The lowest BCUT2D eigenvalue weighted by molar-refractivity contribution is -0.137. The first-order valence-corrected chi connectivity index (χ1v) is 4.60. The first kappa shape index (κ1) is 14.6. The van der Waals surface area contributed by atoms with Gasteiger partial charge < -0.3 is 5.73 Å². The van der Waals surface area contributed by atoms with Gasteiger partial charge in [-0.15, -0.1) is 0 Å². The molecule has 0 amide bonds. The Labute approximate surface area is 101 Å². The topological polar surface area (TPSA) is 43.1 Å². The number of halogens is 7. The molecule has 0 unspecified atom stereocenters. The second-order valence-electron chi connectivity index (χ2n) is 3.24. The molecule has 2 N–H and O–H groups in total. The van der Waals surface area contributed by atoms with Crippen LogP contribution in [0, 0.1) is 0 Å².